The van der Waals surface area contributed by atoms with Crippen molar-refractivity contribution in [3.63, 3.8) is 0 Å². The lowest BCUT2D eigenvalue weighted by molar-refractivity contribution is 0.0914. The van der Waals surface area contributed by atoms with Crippen molar-refractivity contribution in [1.29, 1.82) is 0 Å². The van der Waals surface area contributed by atoms with Gasteiger partial charge in [0.2, 0.25) is 11.3 Å². The summed E-state index contributed by atoms with van der Waals surface area (Å²) >= 11 is -1.64. The molecule has 0 aromatic carbocycles. The second-order valence-corrected chi connectivity index (χ2v) is 3.58. The highest BCUT2D eigenvalue weighted by Gasteiger charge is 2.23. The molecule has 0 spiro atoms. The van der Waals surface area contributed by atoms with Crippen LogP contribution < -0.4 is 5.14 Å². The molecule has 0 bridgehead atoms. The van der Waals surface area contributed by atoms with Crippen LogP contribution in [0.5, 0.6) is 0 Å². The maximum absolute atomic E-state index is 10.6. The summed E-state index contributed by atoms with van der Waals surface area (Å²) in [5, 5.41) is 5.03. The molecule has 68 valence electrons. The topological polar surface area (TPSA) is 52.3 Å². The molecule has 0 saturated carbocycles. The summed E-state index contributed by atoms with van der Waals surface area (Å²) in [6.07, 6.45) is 2.75. The molecule has 0 aliphatic rings. The first-order valence-electron chi connectivity index (χ1n) is 3.89. The average Bonchev–Trinajstić information content (AvgIpc) is 1.87. The Labute approximate surface area is 71.1 Å². The van der Waals surface area contributed by atoms with Crippen LogP contribution in [0.15, 0.2) is 0 Å². The Morgan fingerprint density at radius 2 is 2.09 bits per heavy atom. The van der Waals surface area contributed by atoms with Crippen LogP contribution in [0, 0.1) is 0 Å². The van der Waals surface area contributed by atoms with E-state index in [1.54, 1.807) is 0 Å². The largest absolute Gasteiger partial charge is 0.272 e. The Morgan fingerprint density at radius 3 is 2.36 bits per heavy atom. The summed E-state index contributed by atoms with van der Waals surface area (Å²) in [6, 6.07) is 0. The summed E-state index contributed by atoms with van der Waals surface area (Å²) in [5.41, 5.74) is -0.311. The fourth-order valence-corrected chi connectivity index (χ4v) is 1.60. The Hall–Kier alpha value is 0.0700. The molecule has 0 aromatic rings. The molecule has 0 radical (unpaired) electrons. The van der Waals surface area contributed by atoms with Crippen molar-refractivity contribution >= 4 is 11.3 Å². The fraction of sp³-hybridized carbons (Fsp3) is 1.00. The van der Waals surface area contributed by atoms with Crippen molar-refractivity contribution in [3.8, 4) is 0 Å². The van der Waals surface area contributed by atoms with Gasteiger partial charge in [-0.1, -0.05) is 20.3 Å². The lowest BCUT2D eigenvalue weighted by Gasteiger charge is -2.25. The molecule has 2 unspecified atom stereocenters. The minimum Gasteiger partial charge on any atom is -0.272 e. The summed E-state index contributed by atoms with van der Waals surface area (Å²) in [5.74, 6) is 0. The predicted octanol–water partition coefficient (Wildman–Crippen LogP) is 1.51. The maximum Gasteiger partial charge on any atom is 0.232 e. The van der Waals surface area contributed by atoms with Crippen LogP contribution >= 0.6 is 0 Å². The van der Waals surface area contributed by atoms with Crippen LogP contribution in [0.3, 0.4) is 0 Å². The van der Waals surface area contributed by atoms with E-state index in [0.717, 1.165) is 19.3 Å². The molecule has 0 fully saturated rings. The molecule has 0 saturated heterocycles. The van der Waals surface area contributed by atoms with Gasteiger partial charge >= 0.3 is 0 Å². The lowest BCUT2D eigenvalue weighted by atomic mass is 9.98. The van der Waals surface area contributed by atoms with Crippen LogP contribution in [-0.4, -0.2) is 9.81 Å². The molecule has 2 atom stereocenters. The minimum atomic E-state index is -1.64. The lowest BCUT2D eigenvalue weighted by Crippen LogP contribution is -2.30. The van der Waals surface area contributed by atoms with Crippen molar-refractivity contribution in [2.24, 2.45) is 5.14 Å². The van der Waals surface area contributed by atoms with E-state index in [4.69, 9.17) is 9.32 Å². The van der Waals surface area contributed by atoms with Crippen LogP contribution in [0.4, 0.5) is 0 Å². The van der Waals surface area contributed by atoms with Crippen LogP contribution in [0.2, 0.25) is 0 Å². The molecule has 0 aliphatic carbocycles. The van der Waals surface area contributed by atoms with Crippen LogP contribution in [0.25, 0.3) is 0 Å². The zero-order valence-electron chi connectivity index (χ0n) is 7.42. The first kappa shape index (κ1) is 11.1. The maximum atomic E-state index is 10.6. The number of rotatable bonds is 5. The van der Waals surface area contributed by atoms with Gasteiger partial charge in [-0.15, -0.1) is 0 Å². The molecule has 4 heteroatoms. The quantitative estimate of drug-likeness (QED) is 0.695. The molecular formula is C7H17NO2S. The van der Waals surface area contributed by atoms with Gasteiger partial charge in [-0.3, -0.25) is 4.18 Å². The van der Waals surface area contributed by atoms with E-state index in [1.807, 2.05) is 13.8 Å². The van der Waals surface area contributed by atoms with E-state index in [9.17, 15) is 4.21 Å². The summed E-state index contributed by atoms with van der Waals surface area (Å²) in [4.78, 5) is 0. The second kappa shape index (κ2) is 4.85. The van der Waals surface area contributed by atoms with Crippen molar-refractivity contribution in [2.45, 2.75) is 45.6 Å². The van der Waals surface area contributed by atoms with Crippen molar-refractivity contribution in [3.05, 3.63) is 0 Å². The van der Waals surface area contributed by atoms with Gasteiger partial charge in [0.15, 0.2) is 0 Å². The first-order valence-corrected chi connectivity index (χ1v) is 5.03. The van der Waals surface area contributed by atoms with E-state index in [0.29, 0.717) is 0 Å². The van der Waals surface area contributed by atoms with Gasteiger partial charge in [0.05, 0.1) is 5.60 Å². The average molecular weight is 179 g/mol. The van der Waals surface area contributed by atoms with E-state index in [-0.39, 0.29) is 5.60 Å². The van der Waals surface area contributed by atoms with Gasteiger partial charge in [0, 0.05) is 0 Å². The van der Waals surface area contributed by atoms with Crippen molar-refractivity contribution in [1.82, 2.24) is 0 Å². The summed E-state index contributed by atoms with van der Waals surface area (Å²) in [6.45, 7) is 6.00. The fourth-order valence-electron chi connectivity index (χ4n) is 1.00. The first-order chi connectivity index (χ1) is 5.04. The van der Waals surface area contributed by atoms with E-state index >= 15 is 0 Å². The van der Waals surface area contributed by atoms with Crippen molar-refractivity contribution in [2.75, 3.05) is 0 Å². The van der Waals surface area contributed by atoms with Gasteiger partial charge in [0.25, 0.3) is 0 Å². The standard InChI is InChI=1S/C7H17NO2S/c1-4-6-7(3,5-2)10-11(8)9/h4-6,8H2,1-3H3. The Bertz CT molecular complexity index is 140. The highest BCUT2D eigenvalue weighted by atomic mass is 32.2. The molecule has 0 rings (SSSR count). The Morgan fingerprint density at radius 1 is 1.55 bits per heavy atom. The zero-order valence-corrected chi connectivity index (χ0v) is 8.24. The molecular weight excluding hydrogens is 162 g/mol. The molecule has 0 aromatic heterocycles. The van der Waals surface area contributed by atoms with Crippen LogP contribution in [0.1, 0.15) is 40.0 Å². The molecule has 0 amide bonds. The van der Waals surface area contributed by atoms with Crippen LogP contribution in [-0.2, 0) is 15.4 Å². The highest BCUT2D eigenvalue weighted by Crippen LogP contribution is 2.21. The van der Waals surface area contributed by atoms with Crippen molar-refractivity contribution < 1.29 is 8.39 Å². The predicted molar refractivity (Wildman–Crippen MR) is 47.0 cm³/mol. The molecule has 11 heavy (non-hydrogen) atoms. The smallest absolute Gasteiger partial charge is 0.232 e. The Kier molecular flexibility index (Phi) is 4.88. The van der Waals surface area contributed by atoms with Gasteiger partial charge in [0.1, 0.15) is 0 Å². The zero-order chi connectivity index (χ0) is 8.91. The molecule has 0 heterocycles. The highest BCUT2D eigenvalue weighted by molar-refractivity contribution is 7.77. The van der Waals surface area contributed by atoms with Gasteiger partial charge in [-0.05, 0) is 19.8 Å². The molecule has 2 N–H and O–H groups in total. The summed E-state index contributed by atoms with van der Waals surface area (Å²) in [7, 11) is 0. The number of hydrogen-bond acceptors (Lipinski definition) is 2. The normalized spacial score (nSPS) is 19.3. The summed E-state index contributed by atoms with van der Waals surface area (Å²) < 4.78 is 15.6. The SMILES string of the molecule is CCCC(C)(CC)OS(N)=O. The monoisotopic (exact) mass is 179 g/mol. The number of hydrogen-bond donors (Lipinski definition) is 1. The van der Waals surface area contributed by atoms with Gasteiger partial charge in [-0.25, -0.2) is 9.35 Å². The third-order valence-electron chi connectivity index (χ3n) is 1.81. The molecule has 0 aliphatic heterocycles. The Balaban J connectivity index is 3.98. The van der Waals surface area contributed by atoms with Gasteiger partial charge in [-0.2, -0.15) is 0 Å². The second-order valence-electron chi connectivity index (χ2n) is 2.90. The third-order valence-corrected chi connectivity index (χ3v) is 2.38. The van der Waals surface area contributed by atoms with Gasteiger partial charge < -0.3 is 0 Å². The minimum absolute atomic E-state index is 0.311. The third kappa shape index (κ3) is 4.50. The van der Waals surface area contributed by atoms with E-state index in [2.05, 4.69) is 6.92 Å². The van der Waals surface area contributed by atoms with E-state index in [1.165, 1.54) is 0 Å². The number of nitrogens with two attached hydrogens (primary N) is 1. The van der Waals surface area contributed by atoms with E-state index < -0.39 is 11.3 Å². The molecule has 3 nitrogen and oxygen atoms in total.